The smallest absolute Gasteiger partial charge is 0.169 e. The Labute approximate surface area is 154 Å². The van der Waals surface area contributed by atoms with E-state index in [4.69, 9.17) is 14.5 Å². The first kappa shape index (κ1) is 17.3. The molecule has 3 aromatic rings. The number of thioether (sulfide) groups is 1. The number of aromatic nitrogens is 2. The Hall–Kier alpha value is -1.50. The number of methoxy groups -OCH3 is 2. The number of nitrogens with zero attached hydrogens (tertiary/aromatic N) is 2. The van der Waals surface area contributed by atoms with Crippen molar-refractivity contribution in [3.8, 4) is 5.75 Å². The van der Waals surface area contributed by atoms with Crippen molar-refractivity contribution in [2.24, 2.45) is 0 Å². The zero-order chi connectivity index (χ0) is 16.9. The van der Waals surface area contributed by atoms with E-state index in [0.29, 0.717) is 6.61 Å². The minimum absolute atomic E-state index is 0.669. The molecule has 1 aromatic heterocycles. The van der Waals surface area contributed by atoms with Gasteiger partial charge in [0.2, 0.25) is 0 Å². The molecular formula is C18H19BrN2O2S. The number of fused-ring (bicyclic) bond motifs is 1. The third kappa shape index (κ3) is 3.77. The van der Waals surface area contributed by atoms with E-state index in [-0.39, 0.29) is 0 Å². The van der Waals surface area contributed by atoms with Gasteiger partial charge in [-0.1, -0.05) is 30.0 Å². The van der Waals surface area contributed by atoms with Crippen molar-refractivity contribution >= 4 is 38.7 Å². The van der Waals surface area contributed by atoms with Crippen LogP contribution in [0.5, 0.6) is 5.75 Å². The van der Waals surface area contributed by atoms with Gasteiger partial charge < -0.3 is 14.0 Å². The number of imidazole rings is 1. The van der Waals surface area contributed by atoms with Gasteiger partial charge in [-0.25, -0.2) is 4.98 Å². The van der Waals surface area contributed by atoms with E-state index >= 15 is 0 Å². The van der Waals surface area contributed by atoms with Gasteiger partial charge in [-0.15, -0.1) is 0 Å². The van der Waals surface area contributed by atoms with Crippen LogP contribution in [0.15, 0.2) is 52.1 Å². The summed E-state index contributed by atoms with van der Waals surface area (Å²) in [4.78, 5) is 4.77. The second kappa shape index (κ2) is 8.05. The summed E-state index contributed by atoms with van der Waals surface area (Å²) in [6, 6.07) is 14.4. The van der Waals surface area contributed by atoms with Crippen LogP contribution in [0.4, 0.5) is 0 Å². The fourth-order valence-corrected chi connectivity index (χ4v) is 4.08. The molecule has 0 spiro atoms. The number of benzene rings is 2. The lowest BCUT2D eigenvalue weighted by molar-refractivity contribution is 0.186. The Morgan fingerprint density at radius 3 is 2.75 bits per heavy atom. The average molecular weight is 407 g/mol. The van der Waals surface area contributed by atoms with Gasteiger partial charge in [0.05, 0.1) is 29.2 Å². The van der Waals surface area contributed by atoms with Gasteiger partial charge in [0.25, 0.3) is 0 Å². The molecule has 6 heteroatoms. The molecule has 0 bridgehead atoms. The zero-order valence-corrected chi connectivity index (χ0v) is 16.1. The summed E-state index contributed by atoms with van der Waals surface area (Å²) in [6.45, 7) is 1.47. The maximum Gasteiger partial charge on any atom is 0.169 e. The van der Waals surface area contributed by atoms with Crippen LogP contribution in [-0.2, 0) is 17.0 Å². The van der Waals surface area contributed by atoms with Gasteiger partial charge in [0, 0.05) is 19.4 Å². The van der Waals surface area contributed by atoms with Crippen LogP contribution in [-0.4, -0.2) is 30.4 Å². The third-order valence-electron chi connectivity index (χ3n) is 3.72. The zero-order valence-electron chi connectivity index (χ0n) is 13.7. The normalized spacial score (nSPS) is 11.1. The van der Waals surface area contributed by atoms with Gasteiger partial charge in [0.1, 0.15) is 5.75 Å². The van der Waals surface area contributed by atoms with Crippen LogP contribution in [0.2, 0.25) is 0 Å². The number of hydrogen-bond acceptors (Lipinski definition) is 4. The van der Waals surface area contributed by atoms with Gasteiger partial charge >= 0.3 is 0 Å². The molecule has 0 saturated carbocycles. The quantitative estimate of drug-likeness (QED) is 0.530. The SMILES string of the molecule is COCCn1c(SCc2ccc(OC)c(Br)c2)nc2ccccc21. The van der Waals surface area contributed by atoms with Crippen molar-refractivity contribution in [1.82, 2.24) is 9.55 Å². The van der Waals surface area contributed by atoms with Crippen molar-refractivity contribution < 1.29 is 9.47 Å². The molecule has 2 aromatic carbocycles. The molecule has 24 heavy (non-hydrogen) atoms. The summed E-state index contributed by atoms with van der Waals surface area (Å²) >= 11 is 5.27. The minimum Gasteiger partial charge on any atom is -0.496 e. The van der Waals surface area contributed by atoms with E-state index in [0.717, 1.165) is 38.7 Å². The first-order chi connectivity index (χ1) is 11.7. The Morgan fingerprint density at radius 2 is 2.00 bits per heavy atom. The monoisotopic (exact) mass is 406 g/mol. The lowest BCUT2D eigenvalue weighted by atomic mass is 10.2. The van der Waals surface area contributed by atoms with Crippen LogP contribution in [0, 0.1) is 0 Å². The highest BCUT2D eigenvalue weighted by atomic mass is 79.9. The predicted octanol–water partition coefficient (Wildman–Crippen LogP) is 4.75. The first-order valence-corrected chi connectivity index (χ1v) is 9.40. The molecule has 0 amide bonds. The van der Waals surface area contributed by atoms with Crippen molar-refractivity contribution in [3.63, 3.8) is 0 Å². The molecule has 126 valence electrons. The van der Waals surface area contributed by atoms with Crippen molar-refractivity contribution in [2.45, 2.75) is 17.5 Å². The fourth-order valence-electron chi connectivity index (χ4n) is 2.51. The second-order valence-electron chi connectivity index (χ2n) is 5.29. The fraction of sp³-hybridized carbons (Fsp3) is 0.278. The molecule has 1 heterocycles. The number of ether oxygens (including phenoxy) is 2. The Kier molecular flexibility index (Phi) is 5.81. The van der Waals surface area contributed by atoms with Gasteiger partial charge in [-0.2, -0.15) is 0 Å². The molecule has 0 aliphatic carbocycles. The maximum absolute atomic E-state index is 5.28. The van der Waals surface area contributed by atoms with Crippen molar-refractivity contribution in [1.29, 1.82) is 0 Å². The molecule has 0 aliphatic rings. The van der Waals surface area contributed by atoms with E-state index in [1.54, 1.807) is 26.0 Å². The highest BCUT2D eigenvalue weighted by molar-refractivity contribution is 9.10. The molecule has 0 N–H and O–H groups in total. The van der Waals surface area contributed by atoms with Crippen LogP contribution in [0.3, 0.4) is 0 Å². The summed E-state index contributed by atoms with van der Waals surface area (Å²) in [5.74, 6) is 1.69. The molecule has 0 unspecified atom stereocenters. The van der Waals surface area contributed by atoms with E-state index in [9.17, 15) is 0 Å². The van der Waals surface area contributed by atoms with Crippen molar-refractivity contribution in [2.75, 3.05) is 20.8 Å². The second-order valence-corrected chi connectivity index (χ2v) is 7.08. The lowest BCUT2D eigenvalue weighted by Gasteiger charge is -2.09. The molecule has 4 nitrogen and oxygen atoms in total. The molecule has 0 saturated heterocycles. The van der Waals surface area contributed by atoms with E-state index in [2.05, 4.69) is 38.7 Å². The number of para-hydroxylation sites is 2. The highest BCUT2D eigenvalue weighted by Crippen LogP contribution is 2.30. The van der Waals surface area contributed by atoms with Gasteiger partial charge in [-0.3, -0.25) is 0 Å². The maximum atomic E-state index is 5.28. The lowest BCUT2D eigenvalue weighted by Crippen LogP contribution is -2.05. The molecule has 3 rings (SSSR count). The summed E-state index contributed by atoms with van der Waals surface area (Å²) in [5.41, 5.74) is 3.39. The van der Waals surface area contributed by atoms with Crippen LogP contribution in [0.1, 0.15) is 5.56 Å². The van der Waals surface area contributed by atoms with Crippen LogP contribution >= 0.6 is 27.7 Å². The average Bonchev–Trinajstić information content (AvgIpc) is 2.96. The Morgan fingerprint density at radius 1 is 1.17 bits per heavy atom. The van der Waals surface area contributed by atoms with E-state index in [1.807, 2.05) is 24.3 Å². The summed E-state index contributed by atoms with van der Waals surface area (Å²) in [6.07, 6.45) is 0. The molecular weight excluding hydrogens is 388 g/mol. The predicted molar refractivity (Wildman–Crippen MR) is 102 cm³/mol. The molecule has 0 atom stereocenters. The van der Waals surface area contributed by atoms with Gasteiger partial charge in [-0.05, 0) is 45.8 Å². The summed E-state index contributed by atoms with van der Waals surface area (Å²) < 4.78 is 13.7. The molecule has 0 radical (unpaired) electrons. The topological polar surface area (TPSA) is 36.3 Å². The third-order valence-corrected chi connectivity index (χ3v) is 5.39. The minimum atomic E-state index is 0.669. The standard InChI is InChI=1S/C18H19BrN2O2S/c1-22-10-9-21-16-6-4-3-5-15(16)20-18(21)24-12-13-7-8-17(23-2)14(19)11-13/h3-8,11H,9-10,12H2,1-2H3. The summed E-state index contributed by atoms with van der Waals surface area (Å²) in [5, 5.41) is 1.01. The first-order valence-electron chi connectivity index (χ1n) is 7.62. The Balaban J connectivity index is 1.82. The highest BCUT2D eigenvalue weighted by Gasteiger charge is 2.11. The number of rotatable bonds is 7. The van der Waals surface area contributed by atoms with Crippen molar-refractivity contribution in [3.05, 3.63) is 52.5 Å². The van der Waals surface area contributed by atoms with Crippen LogP contribution in [0.25, 0.3) is 11.0 Å². The molecule has 0 aliphatic heterocycles. The van der Waals surface area contributed by atoms with Crippen LogP contribution < -0.4 is 4.74 Å². The summed E-state index contributed by atoms with van der Waals surface area (Å²) in [7, 11) is 3.40. The Bertz CT molecular complexity index is 835. The molecule has 0 fully saturated rings. The van der Waals surface area contributed by atoms with E-state index in [1.165, 1.54) is 5.56 Å². The number of hydrogen-bond donors (Lipinski definition) is 0. The van der Waals surface area contributed by atoms with Gasteiger partial charge in [0.15, 0.2) is 5.16 Å². The largest absolute Gasteiger partial charge is 0.496 e. The van der Waals surface area contributed by atoms with E-state index < -0.39 is 0 Å². The number of halogens is 1.